The van der Waals surface area contributed by atoms with Crippen LogP contribution in [0.1, 0.15) is 5.69 Å². The van der Waals surface area contributed by atoms with Crippen molar-refractivity contribution in [2.45, 2.75) is 13.0 Å². The van der Waals surface area contributed by atoms with Gasteiger partial charge < -0.3 is 10.1 Å². The zero-order valence-electron chi connectivity index (χ0n) is 8.53. The van der Waals surface area contributed by atoms with E-state index in [-0.39, 0.29) is 0 Å². The highest BCUT2D eigenvalue weighted by atomic mass is 127. The average molecular weight is 316 g/mol. The van der Waals surface area contributed by atoms with Crippen LogP contribution < -0.4 is 10.1 Å². The van der Waals surface area contributed by atoms with Gasteiger partial charge in [0.15, 0.2) is 0 Å². The second-order valence-corrected chi connectivity index (χ2v) is 4.74. The monoisotopic (exact) mass is 316 g/mol. The lowest BCUT2D eigenvalue weighted by atomic mass is 10.3. The molecule has 0 amide bonds. The van der Waals surface area contributed by atoms with Crippen molar-refractivity contribution in [2.24, 2.45) is 0 Å². The second-order valence-electron chi connectivity index (χ2n) is 3.49. The summed E-state index contributed by atoms with van der Waals surface area (Å²) in [7, 11) is 0. The third-order valence-corrected chi connectivity index (χ3v) is 2.88. The van der Waals surface area contributed by atoms with E-state index in [1.165, 1.54) is 0 Å². The van der Waals surface area contributed by atoms with Gasteiger partial charge in [-0.15, -0.1) is 0 Å². The molecule has 4 heteroatoms. The van der Waals surface area contributed by atoms with E-state index in [1.807, 2.05) is 19.2 Å². The molecule has 0 bridgehead atoms. The molecule has 0 saturated carbocycles. The van der Waals surface area contributed by atoms with Gasteiger partial charge in [-0.1, -0.05) is 12.2 Å². The summed E-state index contributed by atoms with van der Waals surface area (Å²) in [6, 6.07) is 2.35. The minimum absolute atomic E-state index is 0.335. The molecular weight excluding hydrogens is 303 g/mol. The van der Waals surface area contributed by atoms with Crippen molar-refractivity contribution in [1.29, 1.82) is 0 Å². The zero-order valence-corrected chi connectivity index (χ0v) is 10.7. The van der Waals surface area contributed by atoms with Gasteiger partial charge in [0.05, 0.1) is 11.7 Å². The predicted octanol–water partition coefficient (Wildman–Crippen LogP) is 1.90. The Labute approximate surface area is 103 Å². The van der Waals surface area contributed by atoms with Gasteiger partial charge in [-0.05, 0) is 35.6 Å². The number of nitrogens with one attached hydrogen (secondary N) is 1. The molecule has 1 atom stereocenters. The van der Waals surface area contributed by atoms with Crippen LogP contribution in [0.3, 0.4) is 0 Å². The maximum atomic E-state index is 5.72. The Morgan fingerprint density at radius 1 is 1.67 bits per heavy atom. The van der Waals surface area contributed by atoms with Crippen LogP contribution in [-0.4, -0.2) is 24.2 Å². The van der Waals surface area contributed by atoms with Crippen LogP contribution in [-0.2, 0) is 0 Å². The van der Waals surface area contributed by atoms with Gasteiger partial charge in [-0.25, -0.2) is 0 Å². The fourth-order valence-electron chi connectivity index (χ4n) is 1.45. The summed E-state index contributed by atoms with van der Waals surface area (Å²) in [6.45, 7) is 3.57. The number of hydrogen-bond donors (Lipinski definition) is 1. The Morgan fingerprint density at radius 2 is 2.53 bits per heavy atom. The molecule has 0 saturated heterocycles. The van der Waals surface area contributed by atoms with Crippen molar-refractivity contribution in [2.75, 3.05) is 13.2 Å². The normalized spacial score (nSPS) is 19.5. The maximum Gasteiger partial charge on any atom is 0.141 e. The van der Waals surface area contributed by atoms with Gasteiger partial charge in [0, 0.05) is 16.3 Å². The largest absolute Gasteiger partial charge is 0.490 e. The highest BCUT2D eigenvalue weighted by molar-refractivity contribution is 14.1. The number of ether oxygens (including phenoxy) is 1. The maximum absolute atomic E-state index is 5.72. The highest BCUT2D eigenvalue weighted by Crippen LogP contribution is 2.18. The van der Waals surface area contributed by atoms with Crippen LogP contribution in [0.25, 0.3) is 0 Å². The van der Waals surface area contributed by atoms with E-state index in [2.05, 4.69) is 45.0 Å². The van der Waals surface area contributed by atoms with Crippen molar-refractivity contribution >= 4 is 22.6 Å². The quantitative estimate of drug-likeness (QED) is 0.683. The fourth-order valence-corrected chi connectivity index (χ4v) is 1.87. The van der Waals surface area contributed by atoms with E-state index in [1.54, 1.807) is 0 Å². The van der Waals surface area contributed by atoms with Crippen molar-refractivity contribution in [3.8, 4) is 5.75 Å². The first-order chi connectivity index (χ1) is 7.25. The summed E-state index contributed by atoms with van der Waals surface area (Å²) in [5.41, 5.74) is 0.942. The van der Waals surface area contributed by atoms with Crippen LogP contribution in [0.2, 0.25) is 0 Å². The molecule has 3 nitrogen and oxygen atoms in total. The van der Waals surface area contributed by atoms with Crippen molar-refractivity contribution in [3.63, 3.8) is 0 Å². The topological polar surface area (TPSA) is 34.1 Å². The number of rotatable bonds is 3. The predicted molar refractivity (Wildman–Crippen MR) is 68.1 cm³/mol. The van der Waals surface area contributed by atoms with Crippen molar-refractivity contribution in [3.05, 3.63) is 33.7 Å². The van der Waals surface area contributed by atoms with Gasteiger partial charge in [-0.2, -0.15) is 0 Å². The smallest absolute Gasteiger partial charge is 0.141 e. The average Bonchev–Trinajstić information content (AvgIpc) is 2.72. The summed E-state index contributed by atoms with van der Waals surface area (Å²) < 4.78 is 6.82. The number of nitrogens with zero attached hydrogens (tertiary/aromatic N) is 1. The molecule has 1 aromatic rings. The first-order valence-corrected chi connectivity index (χ1v) is 5.98. The van der Waals surface area contributed by atoms with Crippen LogP contribution >= 0.6 is 22.6 Å². The van der Waals surface area contributed by atoms with E-state index in [9.17, 15) is 0 Å². The minimum Gasteiger partial charge on any atom is -0.490 e. The highest BCUT2D eigenvalue weighted by Gasteiger charge is 2.09. The minimum atomic E-state index is 0.335. The molecule has 0 aromatic carbocycles. The summed E-state index contributed by atoms with van der Waals surface area (Å²) in [4.78, 5) is 4.25. The van der Waals surface area contributed by atoms with Crippen molar-refractivity contribution < 1.29 is 4.74 Å². The van der Waals surface area contributed by atoms with Crippen LogP contribution in [0, 0.1) is 10.5 Å². The van der Waals surface area contributed by atoms with E-state index < -0.39 is 0 Å². The fraction of sp³-hybridized carbons (Fsp3) is 0.364. The molecule has 1 N–H and O–H groups in total. The second kappa shape index (κ2) is 4.94. The van der Waals surface area contributed by atoms with Gasteiger partial charge in [-0.3, -0.25) is 4.98 Å². The Balaban J connectivity index is 1.97. The van der Waals surface area contributed by atoms with Crippen LogP contribution in [0.4, 0.5) is 0 Å². The molecule has 80 valence electrons. The lowest BCUT2D eigenvalue weighted by Gasteiger charge is -2.12. The SMILES string of the molecule is Cc1ncc(I)cc1OC[C@@H]1C=CCN1. The van der Waals surface area contributed by atoms with E-state index in [4.69, 9.17) is 4.74 Å². The third kappa shape index (κ3) is 2.92. The molecule has 0 radical (unpaired) electrons. The lowest BCUT2D eigenvalue weighted by Crippen LogP contribution is -2.28. The first-order valence-electron chi connectivity index (χ1n) is 4.91. The Bertz CT molecular complexity index is 379. The molecule has 2 heterocycles. The molecule has 0 fully saturated rings. The summed E-state index contributed by atoms with van der Waals surface area (Å²) in [5.74, 6) is 0.879. The molecule has 0 spiro atoms. The van der Waals surface area contributed by atoms with Gasteiger partial charge in [0.2, 0.25) is 0 Å². The number of aromatic nitrogens is 1. The molecule has 1 aliphatic rings. The Morgan fingerprint density at radius 3 is 3.27 bits per heavy atom. The third-order valence-electron chi connectivity index (χ3n) is 2.29. The molecule has 2 rings (SSSR count). The Hall–Kier alpha value is -0.620. The summed E-state index contributed by atoms with van der Waals surface area (Å²) in [5, 5.41) is 3.30. The number of pyridine rings is 1. The summed E-state index contributed by atoms with van der Waals surface area (Å²) in [6.07, 6.45) is 6.10. The van der Waals surface area contributed by atoms with Crippen molar-refractivity contribution in [1.82, 2.24) is 10.3 Å². The number of hydrogen-bond acceptors (Lipinski definition) is 3. The Kier molecular flexibility index (Phi) is 3.58. The molecule has 0 aliphatic carbocycles. The summed E-state index contributed by atoms with van der Waals surface area (Å²) >= 11 is 2.24. The lowest BCUT2D eigenvalue weighted by molar-refractivity contribution is 0.290. The first kappa shape index (κ1) is 10.9. The standard InChI is InChI=1S/C11H13IN2O/c1-8-11(5-9(12)6-14-8)15-7-10-3-2-4-13-10/h2-3,5-6,10,13H,4,7H2,1H3/t10-/m0/s1. The van der Waals surface area contributed by atoms with Crippen LogP contribution in [0.5, 0.6) is 5.75 Å². The van der Waals surface area contributed by atoms with Gasteiger partial charge in [0.1, 0.15) is 12.4 Å². The number of aryl methyl sites for hydroxylation is 1. The molecule has 15 heavy (non-hydrogen) atoms. The van der Waals surface area contributed by atoms with E-state index in [0.717, 1.165) is 21.6 Å². The molecule has 1 aromatic heterocycles. The molecule has 1 aliphatic heterocycles. The van der Waals surface area contributed by atoms with Crippen LogP contribution in [0.15, 0.2) is 24.4 Å². The van der Waals surface area contributed by atoms with Gasteiger partial charge >= 0.3 is 0 Å². The van der Waals surface area contributed by atoms with Gasteiger partial charge in [0.25, 0.3) is 0 Å². The number of halogens is 1. The van der Waals surface area contributed by atoms with E-state index in [0.29, 0.717) is 12.6 Å². The molecule has 0 unspecified atom stereocenters. The molecular formula is C11H13IN2O. The van der Waals surface area contributed by atoms with E-state index >= 15 is 0 Å². The zero-order chi connectivity index (χ0) is 10.7.